The molecule has 25 atom stereocenters. The van der Waals surface area contributed by atoms with Crippen LogP contribution in [-0.4, -0.2) is 305 Å². The van der Waals surface area contributed by atoms with Crippen LogP contribution in [0, 0.1) is 20.8 Å². The molecular weight excluding hydrogens is 2080 g/mol. The number of ether oxygens (including phenoxy) is 10. The van der Waals surface area contributed by atoms with Crippen LogP contribution in [0.25, 0.3) is 33.5 Å². The van der Waals surface area contributed by atoms with E-state index in [1.165, 1.54) is 81.7 Å². The van der Waals surface area contributed by atoms with Crippen LogP contribution in [0.5, 0.6) is 17.6 Å². The third-order valence-corrected chi connectivity index (χ3v) is 31.0. The molecule has 18 rings (SSSR count). The number of aromatic nitrogens is 12. The zero-order chi connectivity index (χ0) is 108. The van der Waals surface area contributed by atoms with Crippen LogP contribution in [-0.2, 0) is 133 Å². The second kappa shape index (κ2) is 42.2. The van der Waals surface area contributed by atoms with E-state index in [1.54, 1.807) is 111 Å². The van der Waals surface area contributed by atoms with Crippen molar-refractivity contribution in [2.75, 3.05) is 73.0 Å². The molecule has 0 aliphatic carbocycles. The third kappa shape index (κ3) is 22.7. The zero-order valence-electron chi connectivity index (χ0n) is 83.4. The number of rotatable bonds is 25. The predicted molar refractivity (Wildman–Crippen MR) is 486 cm³/mol. The van der Waals surface area contributed by atoms with Gasteiger partial charge in [-0.3, -0.25) is 86.6 Å². The molecule has 10 fully saturated rings. The number of hydrogen-bond donors (Lipinski definition) is 5. The number of carbonyl (C=O) groups excluding carboxylic acids is 3. The van der Waals surface area contributed by atoms with E-state index in [1.807, 2.05) is 0 Å². The average molecular weight is 2200 g/mol. The second-order valence-electron chi connectivity index (χ2n) is 37.4. The molecule has 12 aliphatic heterocycles. The Bertz CT molecular complexity index is 5890. The van der Waals surface area contributed by atoms with Gasteiger partial charge in [0.2, 0.25) is 24.4 Å². The fourth-order valence-electron chi connectivity index (χ4n) is 17.3. The fraction of sp³-hybridized carbons (Fsp3) is 0.687. The molecule has 147 heavy (non-hydrogen) atoms. The molecule has 0 aromatic carbocycles. The maximum absolute atomic E-state index is 15.9. The van der Waals surface area contributed by atoms with Gasteiger partial charge in [-0.05, 0) is 145 Å². The Morgan fingerprint density at radius 3 is 1.07 bits per heavy atom. The number of carbonyl (C=O) groups is 3. The van der Waals surface area contributed by atoms with Gasteiger partial charge in [-0.25, -0.2) is 92.8 Å². The molecule has 52 nitrogen and oxygen atoms in total. The van der Waals surface area contributed by atoms with Crippen LogP contribution in [0.3, 0.4) is 0 Å². The van der Waals surface area contributed by atoms with Crippen LogP contribution in [0.2, 0.25) is 0 Å². The van der Waals surface area contributed by atoms with Gasteiger partial charge in [-0.2, -0.15) is 15.0 Å². The van der Waals surface area contributed by atoms with Crippen molar-refractivity contribution in [2.45, 2.75) is 294 Å². The van der Waals surface area contributed by atoms with Gasteiger partial charge in [-0.1, -0.05) is 13.2 Å². The summed E-state index contributed by atoms with van der Waals surface area (Å²) < 4.78 is 305. The Hall–Kier alpha value is -8.44. The van der Waals surface area contributed by atoms with Gasteiger partial charge in [0, 0.05) is 24.6 Å². The fourth-order valence-corrected chi connectivity index (χ4v) is 25.4. The predicted octanol–water partition coefficient (Wildman–Crippen LogP) is 11.7. The minimum atomic E-state index is -4.37. The molecule has 0 spiro atoms. The number of fused-ring (bicyclic) bond motifs is 8. The van der Waals surface area contributed by atoms with Crippen molar-refractivity contribution >= 4 is 90.6 Å². The largest absolute Gasteiger partial charge is 0.510 e. The number of amides is 2. The second-order valence-corrected chi connectivity index (χ2v) is 45.3. The number of imidazole rings is 3. The lowest BCUT2D eigenvalue weighted by molar-refractivity contribution is -0.220. The van der Waals surface area contributed by atoms with E-state index in [2.05, 4.69) is 73.4 Å². The Kier molecular flexibility index (Phi) is 32.8. The SMILES string of the molecule is C=C1NC(=O)C=CN1[C@@H]1O[C@]2(CF)COP(=O)(OCOC(=O)OC(C)C)O[C@H]2[C@@]1(C)O.C=C1NC(=O)C=CN1[C@@H]1O[C@]2(CF)CO[P@@](=O)(OC(C)C)O[C@H]2[C@@]1(C)O.CCOc1nc(C)nc2c1ncn2[C@@H]1O[C@]2(F)CO[P@@](=O)(OC(C)C)O[C@H]2[C@@]1(C)F.CCOc1nc(C)nc2c1ncn2[C@@H]1O[C@]2(F)CO[P@](=O)(OC(C)C)O[C@H]2[C@@]1(C)F.CCOc1nc(C)nc2c1ncn2[C@@H]1O[C@]2(F)CO[P@](=O)(OC(C)C)O[C@H]2[C@@]1(C)O. The van der Waals surface area contributed by atoms with E-state index < -0.39 is 259 Å². The molecule has 12 aliphatic rings. The van der Waals surface area contributed by atoms with E-state index in [4.69, 9.17) is 110 Å². The zero-order valence-corrected chi connectivity index (χ0v) is 87.8. The molecule has 0 radical (unpaired) electrons. The molecule has 0 bridgehead atoms. The van der Waals surface area contributed by atoms with Crippen molar-refractivity contribution in [1.82, 2.24) is 79.0 Å². The minimum Gasteiger partial charge on any atom is -0.476 e. The number of aliphatic hydroxyl groups is 3. The summed E-state index contributed by atoms with van der Waals surface area (Å²) in [6.45, 7) is 34.6. The van der Waals surface area contributed by atoms with Crippen LogP contribution in [0.1, 0.15) is 161 Å². The number of aryl methyl sites for hydroxylation is 3. The third-order valence-electron chi connectivity index (χ3n) is 23.3. The van der Waals surface area contributed by atoms with Gasteiger partial charge >= 0.3 is 45.3 Å². The highest BCUT2D eigenvalue weighted by atomic mass is 31.2. The van der Waals surface area contributed by atoms with E-state index in [-0.39, 0.29) is 57.3 Å². The summed E-state index contributed by atoms with van der Waals surface area (Å²) in [6.07, 6.45) is -9.68. The van der Waals surface area contributed by atoms with E-state index in [9.17, 15) is 61.3 Å². The summed E-state index contributed by atoms with van der Waals surface area (Å²) in [5.74, 6) is -6.76. The van der Waals surface area contributed by atoms with E-state index in [0.29, 0.717) is 42.8 Å². The van der Waals surface area contributed by atoms with Crippen LogP contribution in [0.4, 0.5) is 35.5 Å². The molecule has 6 aromatic heterocycles. The topological polar surface area (TPSA) is 589 Å². The van der Waals surface area contributed by atoms with Gasteiger partial charge in [0.25, 0.3) is 29.4 Å². The van der Waals surface area contributed by atoms with Gasteiger partial charge in [0.15, 0.2) is 105 Å². The molecule has 0 saturated carbocycles. The maximum atomic E-state index is 15.9. The van der Waals surface area contributed by atoms with Gasteiger partial charge in [0.05, 0.1) is 82.5 Å². The minimum absolute atomic E-state index is 0.0721. The number of phosphoric ester groups is 5. The Balaban J connectivity index is 0.000000145. The van der Waals surface area contributed by atoms with Crippen molar-refractivity contribution in [3.05, 3.63) is 85.8 Å². The Labute approximate surface area is 835 Å². The van der Waals surface area contributed by atoms with E-state index >= 15 is 22.0 Å². The molecule has 1 unspecified atom stereocenters. The number of alkyl halides is 7. The summed E-state index contributed by atoms with van der Waals surface area (Å²) in [4.78, 5) is 75.0. The molecular formula is C83H116F7N16O36P5. The van der Waals surface area contributed by atoms with Crippen LogP contribution >= 0.6 is 39.1 Å². The molecule has 10 saturated heterocycles. The average Bonchev–Trinajstić information content (AvgIpc) is 1.57. The van der Waals surface area contributed by atoms with E-state index in [0.717, 1.165) is 19.9 Å². The first-order valence-corrected chi connectivity index (χ1v) is 53.2. The summed E-state index contributed by atoms with van der Waals surface area (Å²) in [5, 5.41) is 38.3. The number of halogens is 7. The normalized spacial score (nSPS) is 37.8. The molecule has 18 heterocycles. The molecule has 2 amide bonds. The van der Waals surface area contributed by atoms with Crippen molar-refractivity contribution in [3.63, 3.8) is 0 Å². The van der Waals surface area contributed by atoms with Gasteiger partial charge in [0.1, 0.15) is 91.3 Å². The molecule has 6 aromatic rings. The summed E-state index contributed by atoms with van der Waals surface area (Å²) in [5.41, 5.74) is -12.6. The number of hydrogen-bond acceptors (Lipinski definition) is 47. The molecule has 5 N–H and O–H groups in total. The maximum Gasteiger partial charge on any atom is 0.510 e. The highest BCUT2D eigenvalue weighted by Gasteiger charge is 2.76. The first kappa shape index (κ1) is 114. The van der Waals surface area contributed by atoms with Crippen molar-refractivity contribution in [1.29, 1.82) is 0 Å². The lowest BCUT2D eigenvalue weighted by Gasteiger charge is -2.41. The molecule has 64 heteroatoms. The summed E-state index contributed by atoms with van der Waals surface area (Å²) in [6, 6.07) is 0. The van der Waals surface area contributed by atoms with Crippen LogP contribution in [0.15, 0.2) is 68.3 Å². The van der Waals surface area contributed by atoms with Crippen molar-refractivity contribution < 1.29 is 198 Å². The number of phosphoric acid groups is 5. The lowest BCUT2D eigenvalue weighted by atomic mass is 9.88. The Morgan fingerprint density at radius 2 is 0.741 bits per heavy atom. The highest BCUT2D eigenvalue weighted by Crippen LogP contribution is 2.69. The number of nitrogens with one attached hydrogen (secondary N) is 2. The first-order chi connectivity index (χ1) is 68.4. The molecule has 818 valence electrons. The van der Waals surface area contributed by atoms with Crippen molar-refractivity contribution in [2.24, 2.45) is 0 Å². The summed E-state index contributed by atoms with van der Waals surface area (Å²) >= 11 is 0. The van der Waals surface area contributed by atoms with Crippen LogP contribution < -0.4 is 24.8 Å². The van der Waals surface area contributed by atoms with Gasteiger partial charge in [-0.15, -0.1) is 0 Å². The Morgan fingerprint density at radius 1 is 0.442 bits per heavy atom. The van der Waals surface area contributed by atoms with Crippen molar-refractivity contribution in [3.8, 4) is 17.6 Å². The first-order valence-electron chi connectivity index (χ1n) is 45.9. The highest BCUT2D eigenvalue weighted by molar-refractivity contribution is 7.49. The standard InChI is InChI=1S/2C17H23F2N4O6P.C17H24FN4O7P.C17H24FN2O10P.C15H22FN2O7P/c2*1-6-25-13-11-12(21-10(4)22-13)23(8-20-11)15-16(5,18)14-17(19,27-15)7-26-30(24,29-14)28-9(2)3;1-6-25-13-11-12(20-10(4)21-13)22(8-19-11)15-16(5,23)14-17(18,27-15)7-26-30(24,29-14)28-9(2)3;1-10(2)28-15(22)25-9-27-31(24)26-8-17(7-18)13(30-31)16(4,23)14(29-17)20-6-5-12(21)19-11(20)3;1-9(2)24-26(21)22-8-15(7-16)12(25-26)14(4,20)13(23-15)18-6-5-11(19)17-10(18)3/h2*8-9,14-15H,6-7H2,1-5H3;8-9,14-15,23H,6-7H2,1-5H3;5-6,10,13-14,23H,3,7-9H2,1-2,4H3,(H,19,21);5-6,9,12-13,20H,3,7-8H2,1-2,4H3,(H,17,19)/t14-,15+,16+,17+,30+;14-,15+,16+,17+,30-;14-,15+,16+,17+,30+;13-,14+,16+,17+,31?;12-,13+,14+,15+,26-/m00000/s1. The smallest absolute Gasteiger partial charge is 0.476 e. The monoisotopic (exact) mass is 2200 g/mol. The number of nitrogens with zero attached hydrogens (tertiary/aromatic N) is 14. The van der Waals surface area contributed by atoms with Gasteiger partial charge < -0.3 is 83.1 Å². The quantitative estimate of drug-likeness (QED) is 0.0154. The summed E-state index contributed by atoms with van der Waals surface area (Å²) in [7, 11) is -20.8. The lowest BCUT2D eigenvalue weighted by Crippen LogP contribution is -2.58.